The van der Waals surface area contributed by atoms with Crippen LogP contribution in [0.3, 0.4) is 0 Å². The first-order valence-corrected chi connectivity index (χ1v) is 5.71. The maximum absolute atomic E-state index is 11.2. The Morgan fingerprint density at radius 2 is 1.94 bits per heavy atom. The SMILES string of the molecule is C[C@@H](Cc1ccc(Cl)cc1)OC(=O)/C=C\C(=O)O. The van der Waals surface area contributed by atoms with Gasteiger partial charge < -0.3 is 9.84 Å². The molecule has 0 radical (unpaired) electrons. The van der Waals surface area contributed by atoms with E-state index in [4.69, 9.17) is 21.4 Å². The third-order valence-corrected chi connectivity index (χ3v) is 2.37. The van der Waals surface area contributed by atoms with Gasteiger partial charge >= 0.3 is 11.9 Å². The van der Waals surface area contributed by atoms with Gasteiger partial charge in [-0.05, 0) is 24.6 Å². The third kappa shape index (κ3) is 5.50. The minimum absolute atomic E-state index is 0.336. The van der Waals surface area contributed by atoms with Gasteiger partial charge in [0.15, 0.2) is 0 Å². The molecule has 0 aromatic heterocycles. The molecule has 0 amide bonds. The first-order valence-electron chi connectivity index (χ1n) is 5.33. The molecule has 0 saturated heterocycles. The molecular formula is C13H13ClO4. The van der Waals surface area contributed by atoms with Crippen molar-refractivity contribution in [2.45, 2.75) is 19.4 Å². The van der Waals surface area contributed by atoms with Gasteiger partial charge in [0.25, 0.3) is 0 Å². The Morgan fingerprint density at radius 3 is 2.50 bits per heavy atom. The minimum Gasteiger partial charge on any atom is -0.478 e. The number of carbonyl (C=O) groups excluding carboxylic acids is 1. The second-order valence-corrected chi connectivity index (χ2v) is 4.19. The lowest BCUT2D eigenvalue weighted by Gasteiger charge is -2.11. The molecule has 0 aliphatic rings. The van der Waals surface area contributed by atoms with Crippen LogP contribution in [0.5, 0.6) is 0 Å². The van der Waals surface area contributed by atoms with Crippen LogP contribution in [0.1, 0.15) is 12.5 Å². The van der Waals surface area contributed by atoms with Crippen molar-refractivity contribution < 1.29 is 19.4 Å². The summed E-state index contributed by atoms with van der Waals surface area (Å²) in [5, 5.41) is 9.00. The van der Waals surface area contributed by atoms with Crippen molar-refractivity contribution in [3.63, 3.8) is 0 Å². The predicted octanol–water partition coefficient (Wildman–Crippen LogP) is 2.46. The van der Waals surface area contributed by atoms with E-state index in [0.29, 0.717) is 11.4 Å². The summed E-state index contributed by atoms with van der Waals surface area (Å²) in [6, 6.07) is 7.21. The van der Waals surface area contributed by atoms with Gasteiger partial charge in [-0.3, -0.25) is 0 Å². The zero-order valence-corrected chi connectivity index (χ0v) is 10.6. The van der Waals surface area contributed by atoms with Crippen LogP contribution >= 0.6 is 11.6 Å². The first kappa shape index (κ1) is 14.3. The van der Waals surface area contributed by atoms with Gasteiger partial charge in [0, 0.05) is 23.6 Å². The standard InChI is InChI=1S/C13H13ClO4/c1-9(18-13(17)7-6-12(15)16)8-10-2-4-11(14)5-3-10/h2-7,9H,8H2,1H3,(H,15,16)/b7-6-/t9-/m0/s1. The highest BCUT2D eigenvalue weighted by molar-refractivity contribution is 6.30. The van der Waals surface area contributed by atoms with E-state index in [2.05, 4.69) is 0 Å². The Kier molecular flexibility index (Phi) is 5.39. The Labute approximate surface area is 110 Å². The molecule has 0 unspecified atom stereocenters. The lowest BCUT2D eigenvalue weighted by molar-refractivity contribution is -0.142. The molecular weight excluding hydrogens is 256 g/mol. The van der Waals surface area contributed by atoms with Crippen molar-refractivity contribution in [3.8, 4) is 0 Å². The fraction of sp³-hybridized carbons (Fsp3) is 0.231. The highest BCUT2D eigenvalue weighted by Crippen LogP contribution is 2.12. The number of carbonyl (C=O) groups is 2. The second-order valence-electron chi connectivity index (χ2n) is 3.75. The number of aliphatic carboxylic acids is 1. The first-order chi connectivity index (χ1) is 8.47. The fourth-order valence-electron chi connectivity index (χ4n) is 1.37. The zero-order valence-electron chi connectivity index (χ0n) is 9.80. The number of rotatable bonds is 5. The molecule has 18 heavy (non-hydrogen) atoms. The van der Waals surface area contributed by atoms with E-state index in [1.807, 2.05) is 12.1 Å². The molecule has 5 heteroatoms. The summed E-state index contributed by atoms with van der Waals surface area (Å²) < 4.78 is 5.01. The van der Waals surface area contributed by atoms with Crippen molar-refractivity contribution in [2.75, 3.05) is 0 Å². The Morgan fingerprint density at radius 1 is 1.33 bits per heavy atom. The lowest BCUT2D eigenvalue weighted by Crippen LogP contribution is -2.15. The van der Waals surface area contributed by atoms with Crippen LogP contribution in [0.4, 0.5) is 0 Å². The van der Waals surface area contributed by atoms with E-state index in [9.17, 15) is 9.59 Å². The summed E-state index contributed by atoms with van der Waals surface area (Å²) in [4.78, 5) is 21.4. The molecule has 4 nitrogen and oxygen atoms in total. The largest absolute Gasteiger partial charge is 0.478 e. The number of hydrogen-bond donors (Lipinski definition) is 1. The molecule has 96 valence electrons. The fourth-order valence-corrected chi connectivity index (χ4v) is 1.50. The van der Waals surface area contributed by atoms with Gasteiger partial charge in [-0.2, -0.15) is 0 Å². The van der Waals surface area contributed by atoms with Gasteiger partial charge in [-0.1, -0.05) is 23.7 Å². The average molecular weight is 269 g/mol. The van der Waals surface area contributed by atoms with Crippen LogP contribution in [-0.2, 0) is 20.7 Å². The Balaban J connectivity index is 2.46. The summed E-state index contributed by atoms with van der Waals surface area (Å²) >= 11 is 5.75. The smallest absolute Gasteiger partial charge is 0.331 e. The summed E-state index contributed by atoms with van der Waals surface area (Å²) in [6.07, 6.45) is 1.85. The molecule has 1 N–H and O–H groups in total. The van der Waals surface area contributed by atoms with Crippen LogP contribution < -0.4 is 0 Å². The number of carboxylic acids is 1. The van der Waals surface area contributed by atoms with Crippen molar-refractivity contribution in [2.24, 2.45) is 0 Å². The number of carboxylic acid groups (broad SMARTS) is 1. The van der Waals surface area contributed by atoms with Crippen LogP contribution in [0.25, 0.3) is 0 Å². The number of ether oxygens (including phenoxy) is 1. The monoisotopic (exact) mass is 268 g/mol. The number of hydrogen-bond acceptors (Lipinski definition) is 3. The molecule has 0 aliphatic carbocycles. The van der Waals surface area contributed by atoms with Crippen LogP contribution in [0.15, 0.2) is 36.4 Å². The molecule has 1 aromatic rings. The van der Waals surface area contributed by atoms with Crippen molar-refractivity contribution >= 4 is 23.5 Å². The van der Waals surface area contributed by atoms with E-state index in [1.54, 1.807) is 19.1 Å². The Hall–Kier alpha value is -1.81. The van der Waals surface area contributed by atoms with Gasteiger partial charge in [0.05, 0.1) is 0 Å². The molecule has 0 fully saturated rings. The van der Waals surface area contributed by atoms with E-state index in [1.165, 1.54) is 0 Å². The highest BCUT2D eigenvalue weighted by Gasteiger charge is 2.08. The number of benzene rings is 1. The molecule has 1 aromatic carbocycles. The summed E-state index contributed by atoms with van der Waals surface area (Å²) in [6.45, 7) is 1.74. The van der Waals surface area contributed by atoms with Gasteiger partial charge in [0.1, 0.15) is 6.10 Å². The van der Waals surface area contributed by atoms with E-state index in [-0.39, 0.29) is 6.10 Å². The number of esters is 1. The van der Waals surface area contributed by atoms with Crippen molar-refractivity contribution in [1.82, 2.24) is 0 Å². The summed E-state index contributed by atoms with van der Waals surface area (Å²) in [5.74, 6) is -1.85. The quantitative estimate of drug-likeness (QED) is 0.658. The highest BCUT2D eigenvalue weighted by atomic mass is 35.5. The van der Waals surface area contributed by atoms with Crippen molar-refractivity contribution in [1.29, 1.82) is 0 Å². The minimum atomic E-state index is -1.18. The number of halogens is 1. The normalized spacial score (nSPS) is 12.3. The zero-order chi connectivity index (χ0) is 13.5. The molecule has 0 saturated carbocycles. The molecule has 0 bridgehead atoms. The summed E-state index contributed by atoms with van der Waals surface area (Å²) in [5.41, 5.74) is 0.988. The average Bonchev–Trinajstić information content (AvgIpc) is 2.29. The maximum atomic E-state index is 11.2. The van der Waals surface area contributed by atoms with Crippen molar-refractivity contribution in [3.05, 3.63) is 47.0 Å². The second kappa shape index (κ2) is 6.81. The molecule has 0 aliphatic heterocycles. The van der Waals surface area contributed by atoms with Crippen LogP contribution in [0, 0.1) is 0 Å². The Bertz CT molecular complexity index is 451. The topological polar surface area (TPSA) is 63.6 Å². The van der Waals surface area contributed by atoms with Crippen LogP contribution in [0.2, 0.25) is 5.02 Å². The van der Waals surface area contributed by atoms with Crippen LogP contribution in [-0.4, -0.2) is 23.1 Å². The van der Waals surface area contributed by atoms with Gasteiger partial charge in [-0.25, -0.2) is 9.59 Å². The lowest BCUT2D eigenvalue weighted by atomic mass is 10.1. The van der Waals surface area contributed by atoms with Gasteiger partial charge in [0.2, 0.25) is 0 Å². The van der Waals surface area contributed by atoms with E-state index < -0.39 is 11.9 Å². The van der Waals surface area contributed by atoms with E-state index >= 15 is 0 Å². The van der Waals surface area contributed by atoms with E-state index in [0.717, 1.165) is 17.7 Å². The molecule has 0 spiro atoms. The maximum Gasteiger partial charge on any atom is 0.331 e. The molecule has 1 rings (SSSR count). The molecule has 1 atom stereocenters. The predicted molar refractivity (Wildman–Crippen MR) is 67.5 cm³/mol. The third-order valence-electron chi connectivity index (χ3n) is 2.12. The molecule has 0 heterocycles. The van der Waals surface area contributed by atoms with Gasteiger partial charge in [-0.15, -0.1) is 0 Å². The summed E-state index contributed by atoms with van der Waals surface area (Å²) in [7, 11) is 0.